The summed E-state index contributed by atoms with van der Waals surface area (Å²) < 4.78 is 19.2. The lowest BCUT2D eigenvalue weighted by molar-refractivity contribution is 0.0678. The van der Waals surface area contributed by atoms with Gasteiger partial charge in [-0.15, -0.1) is 0 Å². The van der Waals surface area contributed by atoms with Crippen LogP contribution in [0.25, 0.3) is 16.8 Å². The van der Waals surface area contributed by atoms with Crippen LogP contribution in [0.2, 0.25) is 0 Å². The van der Waals surface area contributed by atoms with Crippen molar-refractivity contribution in [2.24, 2.45) is 11.8 Å². The first-order chi connectivity index (χ1) is 17.7. The molecule has 36 heavy (non-hydrogen) atoms. The summed E-state index contributed by atoms with van der Waals surface area (Å²) in [5.74, 6) is 2.73. The first-order valence-electron chi connectivity index (χ1n) is 13.4. The molecule has 2 fully saturated rings. The second-order valence-electron chi connectivity index (χ2n) is 10.1. The van der Waals surface area contributed by atoms with E-state index in [0.29, 0.717) is 17.4 Å². The second-order valence-corrected chi connectivity index (χ2v) is 10.1. The number of rotatable bonds is 10. The summed E-state index contributed by atoms with van der Waals surface area (Å²) in [6.45, 7) is 5.99. The monoisotopic (exact) mass is 493 g/mol. The van der Waals surface area contributed by atoms with Gasteiger partial charge in [0.1, 0.15) is 11.5 Å². The first kappa shape index (κ1) is 24.9. The van der Waals surface area contributed by atoms with Crippen LogP contribution >= 0.6 is 0 Å². The number of methoxy groups -OCH3 is 2. The van der Waals surface area contributed by atoms with Gasteiger partial charge in [0.05, 0.1) is 49.0 Å². The topological polar surface area (TPSA) is 68.5 Å². The van der Waals surface area contributed by atoms with Crippen molar-refractivity contribution in [2.75, 3.05) is 45.4 Å². The van der Waals surface area contributed by atoms with E-state index in [2.05, 4.69) is 34.5 Å². The molecule has 0 atom stereocenters. The Labute approximate surface area is 214 Å². The molecule has 2 aliphatic rings. The number of hydrogen-bond acceptors (Lipinski definition) is 6. The maximum Gasteiger partial charge on any atom is 0.132 e. The third kappa shape index (κ3) is 4.78. The van der Waals surface area contributed by atoms with Crippen LogP contribution in [0, 0.1) is 11.8 Å². The Morgan fingerprint density at radius 3 is 2.25 bits per heavy atom. The number of nitrogens with zero attached hydrogens (tertiary/aromatic N) is 3. The molecule has 0 unspecified atom stereocenters. The zero-order valence-electron chi connectivity index (χ0n) is 21.8. The molecule has 3 aromatic rings. The lowest BCUT2D eigenvalue weighted by atomic mass is 9.84. The van der Waals surface area contributed by atoms with Gasteiger partial charge in [0.2, 0.25) is 0 Å². The highest BCUT2D eigenvalue weighted by molar-refractivity contribution is 5.82. The molecule has 1 aliphatic heterocycles. The van der Waals surface area contributed by atoms with Crippen molar-refractivity contribution in [1.29, 1.82) is 0 Å². The van der Waals surface area contributed by atoms with Crippen LogP contribution in [0.15, 0.2) is 30.3 Å². The molecule has 0 spiro atoms. The highest BCUT2D eigenvalue weighted by Gasteiger charge is 2.28. The summed E-state index contributed by atoms with van der Waals surface area (Å²) in [5.41, 5.74) is 6.02. The smallest absolute Gasteiger partial charge is 0.132 e. The van der Waals surface area contributed by atoms with Crippen molar-refractivity contribution in [2.45, 2.75) is 52.1 Å². The fourth-order valence-corrected chi connectivity index (χ4v) is 5.67. The summed E-state index contributed by atoms with van der Waals surface area (Å²) in [6.07, 6.45) is 7.10. The molecule has 194 valence electrons. The van der Waals surface area contributed by atoms with Crippen molar-refractivity contribution >= 4 is 11.2 Å². The lowest BCUT2D eigenvalue weighted by Gasteiger charge is -2.36. The highest BCUT2D eigenvalue weighted by Crippen LogP contribution is 2.42. The van der Waals surface area contributed by atoms with E-state index >= 15 is 0 Å². The first-order valence-corrected chi connectivity index (χ1v) is 13.4. The number of aryl methyl sites for hydroxylation is 1. The van der Waals surface area contributed by atoms with Crippen molar-refractivity contribution in [3.8, 4) is 22.8 Å². The molecule has 5 rings (SSSR count). The molecule has 0 amide bonds. The molecule has 1 N–H and O–H groups in total. The number of fused-ring (bicyclic) bond motifs is 1. The fraction of sp³-hybridized carbons (Fsp3) is 0.552. The molecule has 0 bridgehead atoms. The van der Waals surface area contributed by atoms with E-state index in [1.807, 2.05) is 12.1 Å². The minimum Gasteiger partial charge on any atom is -0.496 e. The number of ether oxygens (including phenoxy) is 3. The lowest BCUT2D eigenvalue weighted by Crippen LogP contribution is -2.38. The van der Waals surface area contributed by atoms with Gasteiger partial charge in [-0.25, -0.2) is 4.52 Å². The molecule has 2 aromatic heterocycles. The SMILES string of the molecule is CCc1nn2c(-c3c(OC)cc(CO)cc3OC)cccc2c1N(CC1CCC1)CC1CCOCC1. The van der Waals surface area contributed by atoms with Crippen molar-refractivity contribution in [3.63, 3.8) is 0 Å². The van der Waals surface area contributed by atoms with Crippen molar-refractivity contribution in [3.05, 3.63) is 41.6 Å². The third-order valence-corrected chi connectivity index (χ3v) is 7.88. The summed E-state index contributed by atoms with van der Waals surface area (Å²) in [5, 5.41) is 14.9. The van der Waals surface area contributed by atoms with Crippen LogP contribution in [-0.4, -0.2) is 55.2 Å². The van der Waals surface area contributed by atoms with E-state index < -0.39 is 0 Å². The summed E-state index contributed by atoms with van der Waals surface area (Å²) in [4.78, 5) is 2.63. The Bertz CT molecular complexity index is 1160. The summed E-state index contributed by atoms with van der Waals surface area (Å²) in [7, 11) is 3.31. The predicted molar refractivity (Wildman–Crippen MR) is 142 cm³/mol. The van der Waals surface area contributed by atoms with Crippen LogP contribution in [-0.2, 0) is 17.8 Å². The van der Waals surface area contributed by atoms with Crippen LogP contribution in [0.5, 0.6) is 11.5 Å². The van der Waals surface area contributed by atoms with Gasteiger partial charge < -0.3 is 24.2 Å². The number of benzene rings is 1. The van der Waals surface area contributed by atoms with E-state index in [1.165, 1.54) is 24.9 Å². The number of pyridine rings is 1. The summed E-state index contributed by atoms with van der Waals surface area (Å²) >= 11 is 0. The largest absolute Gasteiger partial charge is 0.496 e. The van der Waals surface area contributed by atoms with E-state index in [-0.39, 0.29) is 6.61 Å². The molecule has 1 aromatic carbocycles. The van der Waals surface area contributed by atoms with Gasteiger partial charge in [-0.05, 0) is 73.8 Å². The average molecular weight is 494 g/mol. The number of aliphatic hydroxyl groups is 1. The normalized spacial score (nSPS) is 16.8. The number of hydrogen-bond donors (Lipinski definition) is 1. The van der Waals surface area contributed by atoms with E-state index in [9.17, 15) is 5.11 Å². The third-order valence-electron chi connectivity index (χ3n) is 7.88. The Kier molecular flexibility index (Phi) is 7.67. The fourth-order valence-electron chi connectivity index (χ4n) is 5.67. The molecule has 1 aliphatic carbocycles. The molecule has 7 heteroatoms. The average Bonchev–Trinajstić information content (AvgIpc) is 3.28. The van der Waals surface area contributed by atoms with Gasteiger partial charge in [-0.3, -0.25) is 0 Å². The zero-order valence-corrected chi connectivity index (χ0v) is 21.8. The standard InChI is InChI=1S/C29H39N3O4/c1-4-23-29(31(17-20-7-5-8-20)18-21-11-13-36-14-12-21)25-10-6-9-24(32(25)30-23)28-26(34-2)15-22(19-33)16-27(28)35-3/h6,9-10,15-16,20-21,33H,4-5,7-8,11-14,17-19H2,1-3H3. The number of aromatic nitrogens is 2. The van der Waals surface area contributed by atoms with Gasteiger partial charge in [0.25, 0.3) is 0 Å². The molecular formula is C29H39N3O4. The van der Waals surface area contributed by atoms with Crippen LogP contribution in [0.4, 0.5) is 5.69 Å². The van der Waals surface area contributed by atoms with Crippen molar-refractivity contribution < 1.29 is 19.3 Å². The maximum absolute atomic E-state index is 9.73. The van der Waals surface area contributed by atoms with Gasteiger partial charge in [0.15, 0.2) is 0 Å². The quantitative estimate of drug-likeness (QED) is 0.424. The van der Waals surface area contributed by atoms with E-state index in [0.717, 1.165) is 79.5 Å². The van der Waals surface area contributed by atoms with E-state index in [1.54, 1.807) is 14.2 Å². The van der Waals surface area contributed by atoms with Gasteiger partial charge in [-0.1, -0.05) is 19.4 Å². The molecule has 7 nitrogen and oxygen atoms in total. The van der Waals surface area contributed by atoms with Crippen LogP contribution in [0.1, 0.15) is 50.3 Å². The van der Waals surface area contributed by atoms with Crippen LogP contribution < -0.4 is 14.4 Å². The zero-order chi connectivity index (χ0) is 25.1. The Balaban J connectivity index is 1.63. The molecule has 0 radical (unpaired) electrons. The van der Waals surface area contributed by atoms with Crippen LogP contribution in [0.3, 0.4) is 0 Å². The minimum atomic E-state index is -0.0779. The van der Waals surface area contributed by atoms with E-state index in [4.69, 9.17) is 19.3 Å². The molecule has 1 saturated carbocycles. The number of anilines is 1. The summed E-state index contributed by atoms with van der Waals surface area (Å²) in [6, 6.07) is 10.1. The molecule has 1 saturated heterocycles. The maximum atomic E-state index is 9.73. The van der Waals surface area contributed by atoms with Gasteiger partial charge in [0, 0.05) is 26.3 Å². The predicted octanol–water partition coefficient (Wildman–Crippen LogP) is 5.11. The van der Waals surface area contributed by atoms with Crippen molar-refractivity contribution in [1.82, 2.24) is 9.61 Å². The van der Waals surface area contributed by atoms with Gasteiger partial charge >= 0.3 is 0 Å². The second kappa shape index (κ2) is 11.1. The Morgan fingerprint density at radius 2 is 1.69 bits per heavy atom. The highest BCUT2D eigenvalue weighted by atomic mass is 16.5. The Morgan fingerprint density at radius 1 is 1.03 bits per heavy atom. The Hall–Kier alpha value is -2.77. The number of aliphatic hydroxyl groups excluding tert-OH is 1. The minimum absolute atomic E-state index is 0.0779. The van der Waals surface area contributed by atoms with Gasteiger partial charge in [-0.2, -0.15) is 5.10 Å². The molecule has 3 heterocycles. The molecular weight excluding hydrogens is 454 g/mol.